The summed E-state index contributed by atoms with van der Waals surface area (Å²) in [5, 5.41) is 17.8. The SMILES string of the molecule is O=C(COC(=O)CCn1ncc(=O)c2ccccc21)Nc1ccc([N+](=O)[O-])cc1Br. The Balaban J connectivity index is 1.53. The summed E-state index contributed by atoms with van der Waals surface area (Å²) in [5.74, 6) is -1.21. The van der Waals surface area contributed by atoms with E-state index in [4.69, 9.17) is 4.74 Å². The molecule has 1 heterocycles. The number of amides is 1. The molecule has 2 aromatic carbocycles. The third-order valence-electron chi connectivity index (χ3n) is 4.09. The second kappa shape index (κ2) is 9.27. The van der Waals surface area contributed by atoms with Gasteiger partial charge in [-0.25, -0.2) is 0 Å². The molecule has 1 aromatic heterocycles. The van der Waals surface area contributed by atoms with Gasteiger partial charge in [-0.2, -0.15) is 5.10 Å². The number of fused-ring (bicyclic) bond motifs is 1. The molecule has 10 nitrogen and oxygen atoms in total. The number of non-ortho nitro benzene ring substituents is 1. The highest BCUT2D eigenvalue weighted by atomic mass is 79.9. The fourth-order valence-corrected chi connectivity index (χ4v) is 3.13. The van der Waals surface area contributed by atoms with Crippen molar-refractivity contribution < 1.29 is 19.2 Å². The number of aromatic nitrogens is 2. The molecule has 0 unspecified atom stereocenters. The fraction of sp³-hybridized carbons (Fsp3) is 0.158. The summed E-state index contributed by atoms with van der Waals surface area (Å²) in [5.41, 5.74) is 0.567. The van der Waals surface area contributed by atoms with Crippen molar-refractivity contribution in [2.75, 3.05) is 11.9 Å². The Bertz CT molecular complexity index is 1190. The predicted octanol–water partition coefficient (Wildman–Crippen LogP) is 2.64. The van der Waals surface area contributed by atoms with Crippen LogP contribution in [-0.4, -0.2) is 33.2 Å². The first-order valence-electron chi connectivity index (χ1n) is 8.69. The van der Waals surface area contributed by atoms with Crippen LogP contribution in [0.5, 0.6) is 0 Å². The molecule has 0 aliphatic carbocycles. The standard InChI is InChI=1S/C19H15BrN4O6/c20-14-9-12(24(28)29)5-6-15(14)22-18(26)11-30-19(27)7-8-23-16-4-2-1-3-13(16)17(25)10-21-23/h1-6,9-10H,7-8,11H2,(H,22,26). The van der Waals surface area contributed by atoms with Gasteiger partial charge in [-0.15, -0.1) is 0 Å². The van der Waals surface area contributed by atoms with Crippen LogP contribution in [-0.2, 0) is 20.9 Å². The van der Waals surface area contributed by atoms with Gasteiger partial charge in [-0.05, 0) is 34.1 Å². The zero-order valence-corrected chi connectivity index (χ0v) is 17.0. The summed E-state index contributed by atoms with van der Waals surface area (Å²) in [6.45, 7) is -0.338. The Morgan fingerprint density at radius 3 is 2.73 bits per heavy atom. The second-order valence-corrected chi connectivity index (χ2v) is 6.98. The molecule has 11 heteroatoms. The van der Waals surface area contributed by atoms with Crippen LogP contribution in [0.1, 0.15) is 6.42 Å². The summed E-state index contributed by atoms with van der Waals surface area (Å²) < 4.78 is 6.80. The number of esters is 1. The molecule has 0 radical (unpaired) electrons. The van der Waals surface area contributed by atoms with Crippen molar-refractivity contribution in [1.82, 2.24) is 9.78 Å². The van der Waals surface area contributed by atoms with Crippen molar-refractivity contribution in [1.29, 1.82) is 0 Å². The van der Waals surface area contributed by atoms with E-state index in [1.165, 1.54) is 29.1 Å². The number of nitro groups is 1. The molecule has 3 aromatic rings. The molecular formula is C19H15BrN4O6. The van der Waals surface area contributed by atoms with E-state index in [0.717, 1.165) is 0 Å². The maximum Gasteiger partial charge on any atom is 0.308 e. The number of aryl methyl sites for hydroxylation is 1. The highest BCUT2D eigenvalue weighted by Gasteiger charge is 2.13. The van der Waals surface area contributed by atoms with Gasteiger partial charge in [-0.1, -0.05) is 12.1 Å². The smallest absolute Gasteiger partial charge is 0.308 e. The van der Waals surface area contributed by atoms with E-state index in [0.29, 0.717) is 21.1 Å². The van der Waals surface area contributed by atoms with Gasteiger partial charge in [0, 0.05) is 22.0 Å². The number of halogens is 1. The van der Waals surface area contributed by atoms with Gasteiger partial charge in [0.05, 0.1) is 35.3 Å². The maximum absolute atomic E-state index is 12.0. The van der Waals surface area contributed by atoms with Crippen LogP contribution in [0.25, 0.3) is 10.9 Å². The third kappa shape index (κ3) is 5.06. The van der Waals surface area contributed by atoms with Crippen LogP contribution >= 0.6 is 15.9 Å². The molecule has 0 atom stereocenters. The molecule has 30 heavy (non-hydrogen) atoms. The highest BCUT2D eigenvalue weighted by Crippen LogP contribution is 2.27. The van der Waals surface area contributed by atoms with Gasteiger partial charge in [0.15, 0.2) is 6.61 Å². The molecule has 3 rings (SSSR count). The Morgan fingerprint density at radius 2 is 2.00 bits per heavy atom. The number of anilines is 1. The van der Waals surface area contributed by atoms with Crippen LogP contribution in [0.2, 0.25) is 0 Å². The number of nitro benzene ring substituents is 1. The Hall–Kier alpha value is -3.60. The van der Waals surface area contributed by atoms with E-state index in [1.807, 2.05) is 0 Å². The number of hydrogen-bond acceptors (Lipinski definition) is 7. The maximum atomic E-state index is 12.0. The largest absolute Gasteiger partial charge is 0.456 e. The number of ether oxygens (including phenoxy) is 1. The summed E-state index contributed by atoms with van der Waals surface area (Å²) in [6.07, 6.45) is 1.14. The van der Waals surface area contributed by atoms with Crippen LogP contribution < -0.4 is 10.7 Å². The van der Waals surface area contributed by atoms with Crippen molar-refractivity contribution in [3.8, 4) is 0 Å². The predicted molar refractivity (Wildman–Crippen MR) is 111 cm³/mol. The first-order chi connectivity index (χ1) is 14.3. The normalized spacial score (nSPS) is 10.6. The summed E-state index contributed by atoms with van der Waals surface area (Å²) in [6, 6.07) is 10.8. The van der Waals surface area contributed by atoms with E-state index in [9.17, 15) is 24.5 Å². The first kappa shape index (κ1) is 21.1. The zero-order valence-electron chi connectivity index (χ0n) is 15.4. The van der Waals surface area contributed by atoms with Crippen molar-refractivity contribution in [3.63, 3.8) is 0 Å². The highest BCUT2D eigenvalue weighted by molar-refractivity contribution is 9.10. The third-order valence-corrected chi connectivity index (χ3v) is 4.75. The number of nitrogens with one attached hydrogen (secondary N) is 1. The zero-order chi connectivity index (χ0) is 21.7. The topological polar surface area (TPSA) is 133 Å². The summed E-state index contributed by atoms with van der Waals surface area (Å²) in [4.78, 5) is 46.0. The minimum absolute atomic E-state index is 0.0473. The molecule has 0 fully saturated rings. The summed E-state index contributed by atoms with van der Waals surface area (Å²) in [7, 11) is 0. The lowest BCUT2D eigenvalue weighted by Gasteiger charge is -2.10. The number of carbonyl (C=O) groups is 2. The van der Waals surface area contributed by atoms with E-state index in [1.54, 1.807) is 24.3 Å². The Kier molecular flexibility index (Phi) is 6.52. The molecule has 0 bridgehead atoms. The molecule has 1 N–H and O–H groups in total. The van der Waals surface area contributed by atoms with E-state index in [-0.39, 0.29) is 24.1 Å². The number of nitrogens with zero attached hydrogens (tertiary/aromatic N) is 3. The Labute approximate surface area is 177 Å². The van der Waals surface area contributed by atoms with Gasteiger partial charge >= 0.3 is 5.97 Å². The lowest BCUT2D eigenvalue weighted by molar-refractivity contribution is -0.384. The Morgan fingerprint density at radius 1 is 1.23 bits per heavy atom. The minimum atomic E-state index is -0.613. The van der Waals surface area contributed by atoms with E-state index in [2.05, 4.69) is 26.3 Å². The van der Waals surface area contributed by atoms with Crippen molar-refractivity contribution in [2.45, 2.75) is 13.0 Å². The fourth-order valence-electron chi connectivity index (χ4n) is 2.66. The number of para-hydroxylation sites is 1. The molecular weight excluding hydrogens is 460 g/mol. The molecule has 0 aliphatic heterocycles. The van der Waals surface area contributed by atoms with Crippen LogP contribution in [0, 0.1) is 10.1 Å². The molecule has 0 saturated carbocycles. The van der Waals surface area contributed by atoms with Crippen molar-refractivity contribution >= 4 is 50.1 Å². The van der Waals surface area contributed by atoms with Crippen molar-refractivity contribution in [2.24, 2.45) is 0 Å². The number of hydrogen-bond donors (Lipinski definition) is 1. The van der Waals surface area contributed by atoms with Crippen molar-refractivity contribution in [3.05, 3.63) is 73.5 Å². The number of benzene rings is 2. The molecule has 0 saturated heterocycles. The average molecular weight is 475 g/mol. The number of rotatable bonds is 7. The summed E-state index contributed by atoms with van der Waals surface area (Å²) >= 11 is 3.14. The van der Waals surface area contributed by atoms with Gasteiger partial charge in [-0.3, -0.25) is 29.2 Å². The van der Waals surface area contributed by atoms with Crippen LogP contribution in [0.4, 0.5) is 11.4 Å². The quantitative estimate of drug-likeness (QED) is 0.316. The van der Waals surface area contributed by atoms with E-state index >= 15 is 0 Å². The molecule has 1 amide bonds. The van der Waals surface area contributed by atoms with Crippen LogP contribution in [0.15, 0.2) is 57.9 Å². The molecule has 154 valence electrons. The number of carbonyl (C=O) groups excluding carboxylic acids is 2. The minimum Gasteiger partial charge on any atom is -0.456 e. The lowest BCUT2D eigenvalue weighted by atomic mass is 10.2. The van der Waals surface area contributed by atoms with E-state index < -0.39 is 23.4 Å². The van der Waals surface area contributed by atoms with Gasteiger partial charge in [0.2, 0.25) is 5.43 Å². The molecule has 0 aliphatic rings. The second-order valence-electron chi connectivity index (χ2n) is 6.13. The lowest BCUT2D eigenvalue weighted by Crippen LogP contribution is -2.22. The average Bonchev–Trinajstić information content (AvgIpc) is 2.73. The van der Waals surface area contributed by atoms with Gasteiger partial charge < -0.3 is 10.1 Å². The van der Waals surface area contributed by atoms with Crippen LogP contribution in [0.3, 0.4) is 0 Å². The molecule has 0 spiro atoms. The van der Waals surface area contributed by atoms with Gasteiger partial charge in [0.25, 0.3) is 11.6 Å². The monoisotopic (exact) mass is 474 g/mol. The van der Waals surface area contributed by atoms with Gasteiger partial charge in [0.1, 0.15) is 0 Å². The first-order valence-corrected chi connectivity index (χ1v) is 9.49.